The quantitative estimate of drug-likeness (QED) is 0.769. The smallest absolute Gasteiger partial charge is 0.262 e. The molecule has 0 unspecified atom stereocenters. The highest BCUT2D eigenvalue weighted by atomic mass is 32.1. The number of hydrogen-bond acceptors (Lipinski definition) is 5. The fraction of sp³-hybridized carbons (Fsp3) is 0.368. The molecule has 1 aromatic carbocycles. The van der Waals surface area contributed by atoms with E-state index in [1.54, 1.807) is 22.2 Å². The maximum atomic E-state index is 13.0. The zero-order valence-electron chi connectivity index (χ0n) is 13.8. The van der Waals surface area contributed by atoms with Gasteiger partial charge in [-0.05, 0) is 43.0 Å². The molecular weight excluding hydrogens is 334 g/mol. The summed E-state index contributed by atoms with van der Waals surface area (Å²) >= 11 is 1.64. The average molecular weight is 353 g/mol. The van der Waals surface area contributed by atoms with Gasteiger partial charge in [-0.2, -0.15) is 0 Å². The Hall–Kier alpha value is -2.18. The summed E-state index contributed by atoms with van der Waals surface area (Å²) in [6.07, 6.45) is 4.52. The van der Waals surface area contributed by atoms with Crippen molar-refractivity contribution in [3.63, 3.8) is 0 Å². The van der Waals surface area contributed by atoms with Crippen molar-refractivity contribution < 1.29 is 4.74 Å². The fourth-order valence-electron chi connectivity index (χ4n) is 3.81. The number of hydrogen-bond donors (Lipinski definition) is 1. The lowest BCUT2D eigenvalue weighted by atomic mass is 10.0. The van der Waals surface area contributed by atoms with Crippen molar-refractivity contribution in [3.8, 4) is 5.75 Å². The normalized spacial score (nSPS) is 19.3. The van der Waals surface area contributed by atoms with Gasteiger partial charge in [0.1, 0.15) is 16.7 Å². The summed E-state index contributed by atoms with van der Waals surface area (Å²) in [6.45, 7) is 2.33. The maximum Gasteiger partial charge on any atom is 0.262 e. The van der Waals surface area contributed by atoms with Gasteiger partial charge in [0.05, 0.1) is 18.3 Å². The predicted octanol–water partition coefficient (Wildman–Crippen LogP) is 2.50. The molecule has 5 nitrogen and oxygen atoms in total. The van der Waals surface area contributed by atoms with Crippen molar-refractivity contribution >= 4 is 21.6 Å². The summed E-state index contributed by atoms with van der Waals surface area (Å²) in [6, 6.07) is 8.15. The molecule has 0 radical (unpaired) electrons. The first-order valence-electron chi connectivity index (χ1n) is 8.74. The van der Waals surface area contributed by atoms with E-state index < -0.39 is 0 Å². The standard InChI is InChI=1S/C19H19N3O2S/c23-19-17-14-7-8-20-9-16(14)25-18(17)21-11-22(19)10-13-6-5-12-3-1-2-4-15(12)24-13/h1-4,11,13,20H,5-10H2/t13-/m1/s1. The second-order valence-electron chi connectivity index (χ2n) is 6.70. The molecule has 0 amide bonds. The minimum atomic E-state index is 0.0166. The second kappa shape index (κ2) is 5.97. The summed E-state index contributed by atoms with van der Waals surface area (Å²) in [5.41, 5.74) is 2.52. The van der Waals surface area contributed by atoms with Crippen molar-refractivity contribution in [2.24, 2.45) is 0 Å². The molecule has 0 saturated carbocycles. The van der Waals surface area contributed by atoms with Crippen LogP contribution in [-0.2, 0) is 25.9 Å². The topological polar surface area (TPSA) is 56.2 Å². The Bertz CT molecular complexity index is 1010. The molecule has 0 aliphatic carbocycles. The highest BCUT2D eigenvalue weighted by Crippen LogP contribution is 2.30. The van der Waals surface area contributed by atoms with E-state index in [0.717, 1.165) is 48.3 Å². The number of benzene rings is 1. The van der Waals surface area contributed by atoms with Crippen LogP contribution in [0.25, 0.3) is 10.2 Å². The second-order valence-corrected chi connectivity index (χ2v) is 7.78. The average Bonchev–Trinajstić information content (AvgIpc) is 3.03. The molecule has 2 aliphatic rings. The van der Waals surface area contributed by atoms with Gasteiger partial charge < -0.3 is 10.1 Å². The lowest BCUT2D eigenvalue weighted by Gasteiger charge is -2.26. The highest BCUT2D eigenvalue weighted by molar-refractivity contribution is 7.18. The third-order valence-corrected chi connectivity index (χ3v) is 6.24. The lowest BCUT2D eigenvalue weighted by molar-refractivity contribution is 0.152. The van der Waals surface area contributed by atoms with Gasteiger partial charge >= 0.3 is 0 Å². The number of rotatable bonds is 2. The molecule has 4 heterocycles. The Morgan fingerprint density at radius 2 is 2.24 bits per heavy atom. The molecule has 2 aliphatic heterocycles. The first-order chi connectivity index (χ1) is 12.3. The van der Waals surface area contributed by atoms with Crippen molar-refractivity contribution in [2.75, 3.05) is 6.54 Å². The largest absolute Gasteiger partial charge is 0.488 e. The van der Waals surface area contributed by atoms with Crippen LogP contribution in [0.2, 0.25) is 0 Å². The predicted molar refractivity (Wildman–Crippen MR) is 98.5 cm³/mol. The minimum Gasteiger partial charge on any atom is -0.488 e. The van der Waals surface area contributed by atoms with Gasteiger partial charge in [-0.1, -0.05) is 18.2 Å². The molecule has 6 heteroatoms. The number of aryl methyl sites for hydroxylation is 1. The van der Waals surface area contributed by atoms with Crippen molar-refractivity contribution in [3.05, 3.63) is 57.0 Å². The highest BCUT2D eigenvalue weighted by Gasteiger charge is 2.23. The number of thiophene rings is 1. The Morgan fingerprint density at radius 1 is 1.32 bits per heavy atom. The van der Waals surface area contributed by atoms with Crippen molar-refractivity contribution in [1.29, 1.82) is 0 Å². The molecule has 0 spiro atoms. The van der Waals surface area contributed by atoms with E-state index in [1.165, 1.54) is 16.0 Å². The van der Waals surface area contributed by atoms with Crippen molar-refractivity contribution in [1.82, 2.24) is 14.9 Å². The van der Waals surface area contributed by atoms with E-state index in [0.29, 0.717) is 6.54 Å². The number of ether oxygens (including phenoxy) is 1. The zero-order chi connectivity index (χ0) is 16.8. The van der Waals surface area contributed by atoms with E-state index in [4.69, 9.17) is 4.74 Å². The van der Waals surface area contributed by atoms with E-state index in [9.17, 15) is 4.79 Å². The molecule has 128 valence electrons. The van der Waals surface area contributed by atoms with Crippen LogP contribution in [-0.4, -0.2) is 22.2 Å². The van der Waals surface area contributed by atoms with Crippen LogP contribution in [0.5, 0.6) is 5.75 Å². The summed E-state index contributed by atoms with van der Waals surface area (Å²) in [5.74, 6) is 0.944. The summed E-state index contributed by atoms with van der Waals surface area (Å²) in [7, 11) is 0. The van der Waals surface area contributed by atoms with E-state index in [1.807, 2.05) is 18.2 Å². The summed E-state index contributed by atoms with van der Waals surface area (Å²) < 4.78 is 7.83. The van der Waals surface area contributed by atoms with E-state index in [-0.39, 0.29) is 11.7 Å². The molecule has 5 rings (SSSR count). The SMILES string of the molecule is O=c1c2c3c(sc2ncn1C[C@H]1CCc2ccccc2O1)CNCC3. The van der Waals surface area contributed by atoms with Crippen LogP contribution in [0.1, 0.15) is 22.4 Å². The van der Waals surface area contributed by atoms with Gasteiger partial charge in [0.2, 0.25) is 0 Å². The lowest BCUT2D eigenvalue weighted by Crippen LogP contribution is -2.33. The molecule has 1 N–H and O–H groups in total. The van der Waals surface area contributed by atoms with Gasteiger partial charge in [-0.25, -0.2) is 4.98 Å². The fourth-order valence-corrected chi connectivity index (χ4v) is 4.96. The minimum absolute atomic E-state index is 0.0166. The third kappa shape index (κ3) is 2.56. The Morgan fingerprint density at radius 3 is 3.20 bits per heavy atom. The van der Waals surface area contributed by atoms with Crippen LogP contribution < -0.4 is 15.6 Å². The molecule has 0 saturated heterocycles. The molecule has 0 bridgehead atoms. The Kier molecular flexibility index (Phi) is 3.60. The summed E-state index contributed by atoms with van der Waals surface area (Å²) in [5, 5.41) is 4.18. The Balaban J connectivity index is 1.48. The van der Waals surface area contributed by atoms with Crippen LogP contribution in [0.15, 0.2) is 35.4 Å². The number of aromatic nitrogens is 2. The first-order valence-corrected chi connectivity index (χ1v) is 9.56. The number of nitrogens with zero attached hydrogens (tertiary/aromatic N) is 2. The monoisotopic (exact) mass is 353 g/mol. The molecular formula is C19H19N3O2S. The maximum absolute atomic E-state index is 13.0. The summed E-state index contributed by atoms with van der Waals surface area (Å²) in [4.78, 5) is 19.7. The van der Waals surface area contributed by atoms with Gasteiger partial charge in [0, 0.05) is 11.4 Å². The van der Waals surface area contributed by atoms with Crippen LogP contribution in [0.4, 0.5) is 0 Å². The van der Waals surface area contributed by atoms with Gasteiger partial charge in [-0.3, -0.25) is 9.36 Å². The Labute approximate surface area is 149 Å². The van der Waals surface area contributed by atoms with Gasteiger partial charge in [0.25, 0.3) is 5.56 Å². The number of nitrogens with one attached hydrogen (secondary N) is 1. The molecule has 2 aromatic heterocycles. The van der Waals surface area contributed by atoms with E-state index >= 15 is 0 Å². The molecule has 0 fully saturated rings. The molecule has 3 aromatic rings. The first kappa shape index (κ1) is 15.1. The van der Waals surface area contributed by atoms with Crippen LogP contribution >= 0.6 is 11.3 Å². The zero-order valence-corrected chi connectivity index (χ0v) is 14.6. The van der Waals surface area contributed by atoms with Crippen LogP contribution in [0, 0.1) is 0 Å². The number of fused-ring (bicyclic) bond motifs is 4. The van der Waals surface area contributed by atoms with Gasteiger partial charge in [-0.15, -0.1) is 11.3 Å². The third-order valence-electron chi connectivity index (χ3n) is 5.10. The molecule has 1 atom stereocenters. The molecule has 25 heavy (non-hydrogen) atoms. The van der Waals surface area contributed by atoms with E-state index in [2.05, 4.69) is 16.4 Å². The van der Waals surface area contributed by atoms with Gasteiger partial charge in [0.15, 0.2) is 0 Å². The number of para-hydroxylation sites is 1. The van der Waals surface area contributed by atoms with Crippen molar-refractivity contribution in [2.45, 2.75) is 38.5 Å². The van der Waals surface area contributed by atoms with Crippen LogP contribution in [0.3, 0.4) is 0 Å².